The molecule has 0 bridgehead atoms. The lowest BCUT2D eigenvalue weighted by Gasteiger charge is -2.35. The van der Waals surface area contributed by atoms with Gasteiger partial charge in [0.1, 0.15) is 26.6 Å². The maximum absolute atomic E-state index is 15.0. The molecule has 0 saturated heterocycles. The van der Waals surface area contributed by atoms with Crippen LogP contribution in [0.5, 0.6) is 0 Å². The van der Waals surface area contributed by atoms with E-state index in [0.717, 1.165) is 12.3 Å². The molecular formula is C24H30ClF4N3O4S. The van der Waals surface area contributed by atoms with Gasteiger partial charge >= 0.3 is 6.18 Å². The largest absolute Gasteiger partial charge is 0.389 e. The van der Waals surface area contributed by atoms with Gasteiger partial charge in [0, 0.05) is 25.6 Å². The number of hydrogen-bond donors (Lipinski definition) is 2. The van der Waals surface area contributed by atoms with E-state index in [1.54, 1.807) is 6.92 Å². The lowest BCUT2D eigenvalue weighted by molar-refractivity contribution is -0.135. The molecule has 13 heteroatoms. The number of carbonyl (C=O) groups is 1. The van der Waals surface area contributed by atoms with Crippen LogP contribution in [0.3, 0.4) is 0 Å². The van der Waals surface area contributed by atoms with Crippen LogP contribution in [0.25, 0.3) is 5.69 Å². The van der Waals surface area contributed by atoms with Gasteiger partial charge in [-0.1, -0.05) is 24.6 Å². The number of carbonyl (C=O) groups excluding carboxylic acids is 1. The topological polar surface area (TPSA) is 101 Å². The van der Waals surface area contributed by atoms with Gasteiger partial charge in [0.25, 0.3) is 5.91 Å². The smallest absolute Gasteiger partial charge is 0.388 e. The zero-order valence-corrected chi connectivity index (χ0v) is 22.1. The number of sulfone groups is 1. The molecule has 0 aliphatic heterocycles. The van der Waals surface area contributed by atoms with Crippen molar-refractivity contribution < 1.29 is 35.9 Å². The molecule has 2 N–H and O–H groups in total. The van der Waals surface area contributed by atoms with Gasteiger partial charge in [-0.25, -0.2) is 17.8 Å². The molecule has 3 rings (SSSR count). The summed E-state index contributed by atoms with van der Waals surface area (Å²) in [6.45, 7) is 1.61. The molecule has 206 valence electrons. The number of aryl methyl sites for hydroxylation is 2. The molecule has 1 saturated carbocycles. The SMILES string of the molecule is CCc1nc(C(=O)NCC2(O)CCC(S(C)(=O)=O)CC2)c(Cl)n1-c1ccc(CCCC(F)(F)F)cc1F. The average molecular weight is 568 g/mol. The first-order valence-corrected chi connectivity index (χ1v) is 14.3. The highest BCUT2D eigenvalue weighted by Gasteiger charge is 2.37. The van der Waals surface area contributed by atoms with Gasteiger partial charge in [0.05, 0.1) is 16.5 Å². The fraction of sp³-hybridized carbons (Fsp3) is 0.583. The molecule has 1 amide bonds. The van der Waals surface area contributed by atoms with Crippen molar-refractivity contribution in [2.45, 2.75) is 75.3 Å². The summed E-state index contributed by atoms with van der Waals surface area (Å²) in [5.41, 5.74) is -1.03. The van der Waals surface area contributed by atoms with Crippen molar-refractivity contribution in [3.8, 4) is 5.69 Å². The van der Waals surface area contributed by atoms with E-state index >= 15 is 0 Å². The quantitative estimate of drug-likeness (QED) is 0.433. The van der Waals surface area contributed by atoms with Crippen LogP contribution < -0.4 is 5.32 Å². The van der Waals surface area contributed by atoms with Gasteiger partial charge in [-0.05, 0) is 56.2 Å². The van der Waals surface area contributed by atoms with Crippen LogP contribution in [0.1, 0.15) is 67.3 Å². The highest BCUT2D eigenvalue weighted by molar-refractivity contribution is 7.91. The minimum absolute atomic E-state index is 0.00528. The van der Waals surface area contributed by atoms with E-state index in [9.17, 15) is 35.9 Å². The molecule has 0 radical (unpaired) electrons. The zero-order chi connectivity index (χ0) is 27.6. The van der Waals surface area contributed by atoms with Crippen molar-refractivity contribution in [2.75, 3.05) is 12.8 Å². The zero-order valence-electron chi connectivity index (χ0n) is 20.5. The molecule has 0 atom stereocenters. The van der Waals surface area contributed by atoms with Crippen LogP contribution >= 0.6 is 11.6 Å². The lowest BCUT2D eigenvalue weighted by Crippen LogP contribution is -2.47. The maximum atomic E-state index is 15.0. The number of halogens is 5. The van der Waals surface area contributed by atoms with Crippen LogP contribution in [-0.4, -0.2) is 58.8 Å². The average Bonchev–Trinajstić information content (AvgIpc) is 3.12. The van der Waals surface area contributed by atoms with E-state index in [2.05, 4.69) is 10.3 Å². The number of nitrogens with zero attached hydrogens (tertiary/aromatic N) is 2. The van der Waals surface area contributed by atoms with Gasteiger partial charge in [-0.15, -0.1) is 0 Å². The van der Waals surface area contributed by atoms with E-state index in [4.69, 9.17) is 11.6 Å². The third-order valence-electron chi connectivity index (χ3n) is 6.65. The summed E-state index contributed by atoms with van der Waals surface area (Å²) >= 11 is 6.43. The summed E-state index contributed by atoms with van der Waals surface area (Å²) in [6, 6.07) is 4.03. The van der Waals surface area contributed by atoms with E-state index < -0.39 is 45.0 Å². The molecule has 1 aromatic heterocycles. The van der Waals surface area contributed by atoms with E-state index in [1.165, 1.54) is 16.7 Å². The van der Waals surface area contributed by atoms with Gasteiger partial charge in [0.15, 0.2) is 5.69 Å². The van der Waals surface area contributed by atoms with Gasteiger partial charge in [-0.2, -0.15) is 13.2 Å². The van der Waals surface area contributed by atoms with Crippen molar-refractivity contribution >= 4 is 27.3 Å². The first-order valence-electron chi connectivity index (χ1n) is 12.0. The first kappa shape index (κ1) is 29.4. The summed E-state index contributed by atoms with van der Waals surface area (Å²) in [7, 11) is -3.21. The van der Waals surface area contributed by atoms with Gasteiger partial charge in [-0.3, -0.25) is 9.36 Å². The lowest BCUT2D eigenvalue weighted by atomic mass is 9.84. The standard InChI is InChI=1S/C24H30ClF4N3O4S/c1-3-19-31-20(22(33)30-14-23(34)11-8-16(9-12-23)37(2,35)36)21(25)32(19)18-7-6-15(13-17(18)26)5-4-10-24(27,28)29/h6-7,13,16,34H,3-5,8-12,14H2,1-2H3,(H,30,33). The Morgan fingerprint density at radius 2 is 1.95 bits per heavy atom. The maximum Gasteiger partial charge on any atom is 0.389 e. The van der Waals surface area contributed by atoms with E-state index in [1.807, 2.05) is 0 Å². The summed E-state index contributed by atoms with van der Waals surface area (Å²) < 4.78 is 76.9. The van der Waals surface area contributed by atoms with Crippen LogP contribution in [0.2, 0.25) is 5.15 Å². The second-order valence-corrected chi connectivity index (χ2v) is 12.2. The number of hydrogen-bond acceptors (Lipinski definition) is 5. The highest BCUT2D eigenvalue weighted by atomic mass is 35.5. The van der Waals surface area contributed by atoms with Crippen LogP contribution in [0.4, 0.5) is 17.6 Å². The molecule has 0 unspecified atom stereocenters. The first-order chi connectivity index (χ1) is 17.1. The Morgan fingerprint density at radius 1 is 1.30 bits per heavy atom. The van der Waals surface area contributed by atoms with Crippen molar-refractivity contribution in [2.24, 2.45) is 0 Å². The van der Waals surface area contributed by atoms with Crippen molar-refractivity contribution in [1.82, 2.24) is 14.9 Å². The fourth-order valence-corrected chi connectivity index (χ4v) is 5.92. The summed E-state index contributed by atoms with van der Waals surface area (Å²) in [5.74, 6) is -1.10. The number of aliphatic hydroxyl groups is 1. The summed E-state index contributed by atoms with van der Waals surface area (Å²) in [6.07, 6.45) is -2.92. The predicted octanol–water partition coefficient (Wildman–Crippen LogP) is 4.56. The monoisotopic (exact) mass is 567 g/mol. The summed E-state index contributed by atoms with van der Waals surface area (Å²) in [4.78, 5) is 17.1. The molecule has 1 heterocycles. The third-order valence-corrected chi connectivity index (χ3v) is 8.68. The second kappa shape index (κ2) is 11.3. The predicted molar refractivity (Wildman–Crippen MR) is 131 cm³/mol. The number of nitrogens with one attached hydrogen (secondary N) is 1. The van der Waals surface area contributed by atoms with Crippen molar-refractivity contribution in [3.05, 3.63) is 46.3 Å². The molecule has 7 nitrogen and oxygen atoms in total. The molecular weight excluding hydrogens is 538 g/mol. The molecule has 1 aromatic carbocycles. The Bertz CT molecular complexity index is 1240. The Kier molecular flexibility index (Phi) is 8.96. The van der Waals surface area contributed by atoms with E-state index in [0.29, 0.717) is 17.8 Å². The highest BCUT2D eigenvalue weighted by Crippen LogP contribution is 2.32. The third kappa shape index (κ3) is 7.44. The number of benzene rings is 1. The van der Waals surface area contributed by atoms with E-state index in [-0.39, 0.29) is 61.6 Å². The molecule has 1 aliphatic rings. The van der Waals surface area contributed by atoms with Crippen LogP contribution in [0.15, 0.2) is 18.2 Å². The molecule has 2 aromatic rings. The number of alkyl halides is 3. The molecule has 37 heavy (non-hydrogen) atoms. The Labute approximate surface area is 218 Å². The molecule has 1 aliphatic carbocycles. The Balaban J connectivity index is 1.73. The normalized spacial score (nSPS) is 20.7. The minimum Gasteiger partial charge on any atom is -0.388 e. The van der Waals surface area contributed by atoms with Gasteiger partial charge in [0.2, 0.25) is 0 Å². The number of amides is 1. The Morgan fingerprint density at radius 3 is 2.49 bits per heavy atom. The Hall–Kier alpha value is -2.18. The van der Waals surface area contributed by atoms with Crippen molar-refractivity contribution in [1.29, 1.82) is 0 Å². The number of aromatic nitrogens is 2. The number of rotatable bonds is 9. The fourth-order valence-electron chi connectivity index (χ4n) is 4.51. The second-order valence-electron chi connectivity index (χ2n) is 9.55. The number of imidazole rings is 1. The molecule has 0 spiro atoms. The van der Waals surface area contributed by atoms with Crippen molar-refractivity contribution in [3.63, 3.8) is 0 Å². The minimum atomic E-state index is -4.28. The summed E-state index contributed by atoms with van der Waals surface area (Å²) in [5, 5.41) is 12.7. The van der Waals surface area contributed by atoms with Crippen LogP contribution in [0, 0.1) is 5.82 Å². The molecule has 1 fully saturated rings. The van der Waals surface area contributed by atoms with Gasteiger partial charge < -0.3 is 10.4 Å². The van der Waals surface area contributed by atoms with Crippen LogP contribution in [-0.2, 0) is 22.7 Å².